The summed E-state index contributed by atoms with van der Waals surface area (Å²) in [4.78, 5) is 14.4. The Bertz CT molecular complexity index is 1080. The molecule has 0 bridgehead atoms. The standard InChI is InChI=1S/C21H23FN2O4S/c1-5-10-24-18-12-15(6-9-19(18)28-13-21(3,4)20(24)25)23-29(26,27)16-7-8-17(22)14(2)11-16/h5-9,11-12,23H,1,10,13H2,2-4H3. The zero-order valence-corrected chi connectivity index (χ0v) is 17.3. The Morgan fingerprint density at radius 2 is 2.00 bits per heavy atom. The van der Waals surface area contributed by atoms with Crippen LogP contribution in [-0.4, -0.2) is 27.5 Å². The van der Waals surface area contributed by atoms with Gasteiger partial charge in [0.1, 0.15) is 18.2 Å². The smallest absolute Gasteiger partial charge is 0.261 e. The highest BCUT2D eigenvalue weighted by molar-refractivity contribution is 7.92. The van der Waals surface area contributed by atoms with Crippen molar-refractivity contribution in [2.45, 2.75) is 25.7 Å². The first-order chi connectivity index (χ1) is 13.5. The van der Waals surface area contributed by atoms with Gasteiger partial charge in [0.2, 0.25) is 5.91 Å². The minimum absolute atomic E-state index is 0.0530. The Hall–Kier alpha value is -2.87. The molecule has 29 heavy (non-hydrogen) atoms. The van der Waals surface area contributed by atoms with Crippen LogP contribution in [-0.2, 0) is 14.8 Å². The van der Waals surface area contributed by atoms with E-state index < -0.39 is 21.3 Å². The molecule has 0 saturated carbocycles. The highest BCUT2D eigenvalue weighted by Crippen LogP contribution is 2.38. The number of nitrogens with zero attached hydrogens (tertiary/aromatic N) is 1. The molecule has 0 radical (unpaired) electrons. The number of carbonyl (C=O) groups is 1. The number of amides is 1. The van der Waals surface area contributed by atoms with Crippen LogP contribution in [0.2, 0.25) is 0 Å². The lowest BCUT2D eigenvalue weighted by Gasteiger charge is -2.27. The van der Waals surface area contributed by atoms with Crippen molar-refractivity contribution < 1.29 is 22.3 Å². The van der Waals surface area contributed by atoms with Gasteiger partial charge < -0.3 is 9.64 Å². The third kappa shape index (κ3) is 4.12. The molecule has 0 atom stereocenters. The van der Waals surface area contributed by atoms with Crippen LogP contribution in [0.1, 0.15) is 19.4 Å². The summed E-state index contributed by atoms with van der Waals surface area (Å²) < 4.78 is 47.2. The number of anilines is 2. The monoisotopic (exact) mass is 418 g/mol. The molecule has 1 aliphatic rings. The van der Waals surface area contributed by atoms with Gasteiger partial charge in [-0.25, -0.2) is 12.8 Å². The zero-order valence-electron chi connectivity index (χ0n) is 16.5. The van der Waals surface area contributed by atoms with Gasteiger partial charge >= 0.3 is 0 Å². The van der Waals surface area contributed by atoms with Gasteiger partial charge in [-0.2, -0.15) is 0 Å². The number of hydrogen-bond acceptors (Lipinski definition) is 4. The van der Waals surface area contributed by atoms with E-state index in [0.29, 0.717) is 11.4 Å². The molecule has 1 aliphatic heterocycles. The van der Waals surface area contributed by atoms with E-state index in [9.17, 15) is 17.6 Å². The number of fused-ring (bicyclic) bond motifs is 1. The van der Waals surface area contributed by atoms with E-state index in [1.807, 2.05) is 0 Å². The molecule has 6 nitrogen and oxygen atoms in total. The van der Waals surface area contributed by atoms with E-state index >= 15 is 0 Å². The van der Waals surface area contributed by atoms with Gasteiger partial charge in [0.15, 0.2) is 0 Å². The molecule has 0 saturated heterocycles. The minimum Gasteiger partial charge on any atom is -0.490 e. The van der Waals surface area contributed by atoms with Crippen LogP contribution in [0.3, 0.4) is 0 Å². The molecular weight excluding hydrogens is 395 g/mol. The van der Waals surface area contributed by atoms with Crippen molar-refractivity contribution in [1.82, 2.24) is 0 Å². The topological polar surface area (TPSA) is 75.7 Å². The average Bonchev–Trinajstić information content (AvgIpc) is 2.74. The zero-order chi connectivity index (χ0) is 21.4. The van der Waals surface area contributed by atoms with Crippen molar-refractivity contribution in [2.75, 3.05) is 22.8 Å². The lowest BCUT2D eigenvalue weighted by Crippen LogP contribution is -2.42. The molecule has 0 aromatic heterocycles. The average molecular weight is 418 g/mol. The van der Waals surface area contributed by atoms with Crippen LogP contribution in [0, 0.1) is 18.2 Å². The van der Waals surface area contributed by atoms with Gasteiger partial charge in [0.25, 0.3) is 10.0 Å². The van der Waals surface area contributed by atoms with E-state index in [0.717, 1.165) is 6.07 Å². The van der Waals surface area contributed by atoms with E-state index in [1.54, 1.807) is 38.1 Å². The maximum Gasteiger partial charge on any atom is 0.261 e. The van der Waals surface area contributed by atoms with Crippen molar-refractivity contribution in [3.8, 4) is 5.75 Å². The summed E-state index contributed by atoms with van der Waals surface area (Å²) in [5, 5.41) is 0. The summed E-state index contributed by atoms with van der Waals surface area (Å²) in [6.07, 6.45) is 1.60. The number of ether oxygens (including phenoxy) is 1. The number of benzene rings is 2. The predicted octanol–water partition coefficient (Wildman–Crippen LogP) is 3.87. The molecule has 0 aliphatic carbocycles. The molecule has 1 amide bonds. The first kappa shape index (κ1) is 20.9. The van der Waals surface area contributed by atoms with Crippen molar-refractivity contribution in [1.29, 1.82) is 0 Å². The van der Waals surface area contributed by atoms with Crippen LogP contribution in [0.25, 0.3) is 0 Å². The number of nitrogens with one attached hydrogen (secondary N) is 1. The molecule has 1 heterocycles. The van der Waals surface area contributed by atoms with Crippen LogP contribution in [0.15, 0.2) is 53.9 Å². The summed E-state index contributed by atoms with van der Waals surface area (Å²) in [5.74, 6) is -0.149. The molecule has 154 valence electrons. The van der Waals surface area contributed by atoms with Crippen molar-refractivity contribution in [2.24, 2.45) is 5.41 Å². The Morgan fingerprint density at radius 1 is 1.28 bits per heavy atom. The van der Waals surface area contributed by atoms with Crippen LogP contribution >= 0.6 is 0 Å². The fourth-order valence-corrected chi connectivity index (χ4v) is 4.15. The van der Waals surface area contributed by atoms with Crippen molar-refractivity contribution in [3.05, 3.63) is 60.4 Å². The molecular formula is C21H23FN2O4S. The summed E-state index contributed by atoms with van der Waals surface area (Å²) in [6.45, 7) is 9.23. The molecule has 1 N–H and O–H groups in total. The summed E-state index contributed by atoms with van der Waals surface area (Å²) in [7, 11) is -3.94. The SMILES string of the molecule is C=CCN1C(=O)C(C)(C)COc2ccc(NS(=O)(=O)c3ccc(F)c(C)c3)cc21. The van der Waals surface area contributed by atoms with E-state index in [-0.39, 0.29) is 35.2 Å². The number of halogens is 1. The van der Waals surface area contributed by atoms with Crippen LogP contribution in [0.5, 0.6) is 5.75 Å². The quantitative estimate of drug-likeness (QED) is 0.748. The minimum atomic E-state index is -3.94. The lowest BCUT2D eigenvalue weighted by molar-refractivity contribution is -0.127. The maximum atomic E-state index is 13.5. The van der Waals surface area contributed by atoms with Crippen molar-refractivity contribution >= 4 is 27.3 Å². The first-order valence-corrected chi connectivity index (χ1v) is 10.5. The largest absolute Gasteiger partial charge is 0.490 e. The van der Waals surface area contributed by atoms with Gasteiger partial charge in [-0.15, -0.1) is 6.58 Å². The Morgan fingerprint density at radius 3 is 2.66 bits per heavy atom. The number of hydrogen-bond donors (Lipinski definition) is 1. The molecule has 8 heteroatoms. The Labute approximate surface area is 170 Å². The Balaban J connectivity index is 1.99. The molecule has 3 rings (SSSR count). The number of rotatable bonds is 5. The normalized spacial score (nSPS) is 15.9. The second-order valence-corrected chi connectivity index (χ2v) is 9.26. The van der Waals surface area contributed by atoms with Crippen LogP contribution < -0.4 is 14.4 Å². The van der Waals surface area contributed by atoms with E-state index in [2.05, 4.69) is 11.3 Å². The molecule has 2 aromatic carbocycles. The summed E-state index contributed by atoms with van der Waals surface area (Å²) in [6, 6.07) is 8.30. The second-order valence-electron chi connectivity index (χ2n) is 7.58. The lowest BCUT2D eigenvalue weighted by atomic mass is 9.93. The van der Waals surface area contributed by atoms with Gasteiger partial charge in [-0.1, -0.05) is 6.08 Å². The van der Waals surface area contributed by atoms with Crippen molar-refractivity contribution in [3.63, 3.8) is 0 Å². The summed E-state index contributed by atoms with van der Waals surface area (Å²) in [5.41, 5.74) is 0.202. The summed E-state index contributed by atoms with van der Waals surface area (Å²) >= 11 is 0. The van der Waals surface area contributed by atoms with E-state index in [1.165, 1.54) is 24.0 Å². The third-order valence-corrected chi connectivity index (χ3v) is 6.04. The van der Waals surface area contributed by atoms with Gasteiger partial charge in [0, 0.05) is 6.54 Å². The van der Waals surface area contributed by atoms with Gasteiger partial charge in [-0.05, 0) is 62.7 Å². The fourth-order valence-electron chi connectivity index (χ4n) is 3.02. The highest BCUT2D eigenvalue weighted by atomic mass is 32.2. The van der Waals surface area contributed by atoms with E-state index in [4.69, 9.17) is 4.74 Å². The number of carbonyl (C=O) groups excluding carboxylic acids is 1. The van der Waals surface area contributed by atoms with Gasteiger partial charge in [0.05, 0.1) is 21.7 Å². The maximum absolute atomic E-state index is 13.5. The molecule has 0 unspecified atom stereocenters. The molecule has 2 aromatic rings. The molecule has 0 spiro atoms. The number of sulfonamides is 1. The number of aryl methyl sites for hydroxylation is 1. The highest BCUT2D eigenvalue weighted by Gasteiger charge is 2.37. The third-order valence-electron chi connectivity index (χ3n) is 4.67. The second kappa shape index (κ2) is 7.51. The predicted molar refractivity (Wildman–Crippen MR) is 110 cm³/mol. The van der Waals surface area contributed by atoms with Crippen LogP contribution in [0.4, 0.5) is 15.8 Å². The molecule has 0 fully saturated rings. The van der Waals surface area contributed by atoms with Gasteiger partial charge in [-0.3, -0.25) is 9.52 Å². The Kier molecular flexibility index (Phi) is 5.40. The first-order valence-electron chi connectivity index (χ1n) is 9.04. The fraction of sp³-hybridized carbons (Fsp3) is 0.286.